The zero-order valence-electron chi connectivity index (χ0n) is 13.8. The molecule has 1 atom stereocenters. The molecule has 20 heavy (non-hydrogen) atoms. The molecule has 0 spiro atoms. The van der Waals surface area contributed by atoms with Crippen LogP contribution >= 0.6 is 0 Å². The highest BCUT2D eigenvalue weighted by Gasteiger charge is 2.35. The van der Waals surface area contributed by atoms with Gasteiger partial charge in [-0.3, -0.25) is 0 Å². The van der Waals surface area contributed by atoms with E-state index in [-0.39, 0.29) is 0 Å². The summed E-state index contributed by atoms with van der Waals surface area (Å²) < 4.78 is 5.84. The second-order valence-corrected chi connectivity index (χ2v) is 7.64. The van der Waals surface area contributed by atoms with Gasteiger partial charge in [0.25, 0.3) is 0 Å². The molecule has 0 bridgehead atoms. The monoisotopic (exact) mass is 282 g/mol. The fourth-order valence-electron chi connectivity index (χ4n) is 3.55. The van der Waals surface area contributed by atoms with Crippen molar-refractivity contribution < 1.29 is 4.74 Å². The van der Waals surface area contributed by atoms with Crippen LogP contribution in [0, 0.1) is 17.3 Å². The van der Waals surface area contributed by atoms with E-state index in [1.54, 1.807) is 0 Å². The molecule has 3 nitrogen and oxygen atoms in total. The lowest BCUT2D eigenvalue weighted by molar-refractivity contribution is -0.0305. The maximum atomic E-state index is 5.84. The average Bonchev–Trinajstić information content (AvgIpc) is 2.42. The molecule has 0 aromatic rings. The molecule has 2 heterocycles. The molecular formula is C17H34N2O. The smallest absolute Gasteiger partial charge is 0.0546 e. The van der Waals surface area contributed by atoms with Gasteiger partial charge in [-0.15, -0.1) is 0 Å². The first-order valence-electron chi connectivity index (χ1n) is 8.60. The van der Waals surface area contributed by atoms with Gasteiger partial charge >= 0.3 is 0 Å². The second-order valence-electron chi connectivity index (χ2n) is 7.64. The number of nitrogens with zero attached hydrogens (tertiary/aromatic N) is 1. The minimum absolute atomic E-state index is 0.355. The van der Waals surface area contributed by atoms with Gasteiger partial charge in [-0.1, -0.05) is 20.8 Å². The molecule has 2 aliphatic rings. The molecule has 1 N–H and O–H groups in total. The first-order valence-corrected chi connectivity index (χ1v) is 8.60. The fraction of sp³-hybridized carbons (Fsp3) is 1.00. The van der Waals surface area contributed by atoms with Crippen molar-refractivity contribution in [2.75, 3.05) is 45.9 Å². The molecule has 0 aromatic carbocycles. The zero-order valence-corrected chi connectivity index (χ0v) is 13.8. The number of nitrogens with one attached hydrogen (secondary N) is 1. The highest BCUT2D eigenvalue weighted by molar-refractivity contribution is 4.88. The van der Waals surface area contributed by atoms with Gasteiger partial charge in [0.1, 0.15) is 0 Å². The van der Waals surface area contributed by atoms with E-state index in [1.165, 1.54) is 45.3 Å². The Morgan fingerprint density at radius 2 is 2.05 bits per heavy atom. The van der Waals surface area contributed by atoms with Crippen molar-refractivity contribution in [1.29, 1.82) is 0 Å². The van der Waals surface area contributed by atoms with Gasteiger partial charge in [0.05, 0.1) is 6.61 Å². The quantitative estimate of drug-likeness (QED) is 0.811. The summed E-state index contributed by atoms with van der Waals surface area (Å²) in [6.07, 6.45) is 5.30. The Labute approximate surface area is 125 Å². The Balaban J connectivity index is 1.85. The van der Waals surface area contributed by atoms with E-state index in [1.807, 2.05) is 0 Å². The molecular weight excluding hydrogens is 248 g/mol. The lowest BCUT2D eigenvalue weighted by Gasteiger charge is -2.43. The molecule has 2 fully saturated rings. The largest absolute Gasteiger partial charge is 0.381 e. The summed E-state index contributed by atoms with van der Waals surface area (Å²) in [4.78, 5) is 2.69. The van der Waals surface area contributed by atoms with Crippen molar-refractivity contribution in [1.82, 2.24) is 10.2 Å². The first kappa shape index (κ1) is 16.3. The first-order chi connectivity index (χ1) is 9.60. The minimum atomic E-state index is 0.355. The standard InChI is InChI=1S/C17H34N2O/c1-15(2)11-18-12-17(7-4-10-20-14-17)13-19-8-5-16(3)6-9-19/h15-16,18H,4-14H2,1-3H3. The maximum Gasteiger partial charge on any atom is 0.0546 e. The van der Waals surface area contributed by atoms with E-state index < -0.39 is 0 Å². The van der Waals surface area contributed by atoms with Crippen molar-refractivity contribution in [2.24, 2.45) is 17.3 Å². The van der Waals surface area contributed by atoms with Crippen LogP contribution in [-0.2, 0) is 4.74 Å². The zero-order chi connectivity index (χ0) is 14.4. The molecule has 2 saturated heterocycles. The van der Waals surface area contributed by atoms with Crippen LogP contribution in [0.25, 0.3) is 0 Å². The highest BCUT2D eigenvalue weighted by Crippen LogP contribution is 2.30. The molecule has 3 heteroatoms. The van der Waals surface area contributed by atoms with Crippen molar-refractivity contribution >= 4 is 0 Å². The van der Waals surface area contributed by atoms with Gasteiger partial charge in [0.15, 0.2) is 0 Å². The van der Waals surface area contributed by atoms with Crippen LogP contribution in [0.1, 0.15) is 46.5 Å². The van der Waals surface area contributed by atoms with E-state index in [0.29, 0.717) is 5.41 Å². The van der Waals surface area contributed by atoms with Crippen molar-refractivity contribution in [2.45, 2.75) is 46.5 Å². The van der Waals surface area contributed by atoms with Gasteiger partial charge in [0, 0.05) is 25.1 Å². The molecule has 0 aliphatic carbocycles. The Bertz CT molecular complexity index is 266. The van der Waals surface area contributed by atoms with Gasteiger partial charge < -0.3 is 15.0 Å². The number of rotatable bonds is 6. The van der Waals surface area contributed by atoms with Gasteiger partial charge in [-0.25, -0.2) is 0 Å². The summed E-state index contributed by atoms with van der Waals surface area (Å²) in [6, 6.07) is 0. The third kappa shape index (κ3) is 5.01. The molecule has 0 aromatic heterocycles. The number of piperidine rings is 1. The molecule has 118 valence electrons. The molecule has 1 unspecified atom stereocenters. The normalized spacial score (nSPS) is 30.0. The molecule has 2 aliphatic heterocycles. The predicted octanol–water partition coefficient (Wildman–Crippen LogP) is 2.76. The highest BCUT2D eigenvalue weighted by atomic mass is 16.5. The van der Waals surface area contributed by atoms with Crippen LogP contribution in [0.2, 0.25) is 0 Å². The van der Waals surface area contributed by atoms with Crippen LogP contribution < -0.4 is 5.32 Å². The van der Waals surface area contributed by atoms with Gasteiger partial charge in [-0.05, 0) is 57.2 Å². The minimum Gasteiger partial charge on any atom is -0.381 e. The van der Waals surface area contributed by atoms with Crippen LogP contribution in [0.3, 0.4) is 0 Å². The number of hydrogen-bond acceptors (Lipinski definition) is 3. The number of likely N-dealkylation sites (tertiary alicyclic amines) is 1. The van der Waals surface area contributed by atoms with E-state index in [4.69, 9.17) is 4.74 Å². The van der Waals surface area contributed by atoms with Crippen LogP contribution in [0.5, 0.6) is 0 Å². The van der Waals surface area contributed by atoms with Crippen molar-refractivity contribution in [3.63, 3.8) is 0 Å². The summed E-state index contributed by atoms with van der Waals surface area (Å²) in [5, 5.41) is 3.69. The van der Waals surface area contributed by atoms with E-state index in [2.05, 4.69) is 31.0 Å². The summed E-state index contributed by atoms with van der Waals surface area (Å²) in [5.74, 6) is 1.65. The van der Waals surface area contributed by atoms with Crippen molar-refractivity contribution in [3.05, 3.63) is 0 Å². The molecule has 0 amide bonds. The van der Waals surface area contributed by atoms with Crippen LogP contribution in [0.4, 0.5) is 0 Å². The SMILES string of the molecule is CC(C)CNCC1(CN2CCC(C)CC2)CCCOC1. The topological polar surface area (TPSA) is 24.5 Å². The lowest BCUT2D eigenvalue weighted by Crippen LogP contribution is -2.50. The third-order valence-corrected chi connectivity index (χ3v) is 4.89. The Hall–Kier alpha value is -0.120. The molecule has 0 radical (unpaired) electrons. The van der Waals surface area contributed by atoms with Gasteiger partial charge in [-0.2, -0.15) is 0 Å². The Morgan fingerprint density at radius 1 is 1.30 bits per heavy atom. The Kier molecular flexibility index (Phi) is 6.31. The third-order valence-electron chi connectivity index (χ3n) is 4.89. The van der Waals surface area contributed by atoms with Crippen LogP contribution in [0.15, 0.2) is 0 Å². The summed E-state index contributed by atoms with van der Waals surface area (Å²) in [7, 11) is 0. The summed E-state index contributed by atoms with van der Waals surface area (Å²) in [6.45, 7) is 14.9. The fourth-order valence-corrected chi connectivity index (χ4v) is 3.55. The number of ether oxygens (including phenoxy) is 1. The van der Waals surface area contributed by atoms with E-state index in [9.17, 15) is 0 Å². The predicted molar refractivity (Wildman–Crippen MR) is 85.0 cm³/mol. The number of hydrogen-bond donors (Lipinski definition) is 1. The van der Waals surface area contributed by atoms with E-state index >= 15 is 0 Å². The maximum absolute atomic E-state index is 5.84. The van der Waals surface area contributed by atoms with E-state index in [0.717, 1.165) is 38.1 Å². The lowest BCUT2D eigenvalue weighted by atomic mass is 9.81. The molecule has 2 rings (SSSR count). The van der Waals surface area contributed by atoms with Crippen molar-refractivity contribution in [3.8, 4) is 0 Å². The average molecular weight is 282 g/mol. The summed E-state index contributed by atoms with van der Waals surface area (Å²) >= 11 is 0. The second kappa shape index (κ2) is 7.77. The summed E-state index contributed by atoms with van der Waals surface area (Å²) in [5.41, 5.74) is 0.355. The van der Waals surface area contributed by atoms with Gasteiger partial charge in [0.2, 0.25) is 0 Å². The molecule has 0 saturated carbocycles. The Morgan fingerprint density at radius 3 is 2.65 bits per heavy atom. The van der Waals surface area contributed by atoms with Crippen LogP contribution in [-0.4, -0.2) is 50.8 Å².